The van der Waals surface area contributed by atoms with Crippen LogP contribution >= 0.6 is 23.2 Å². The monoisotopic (exact) mass is 497 g/mol. The molecule has 0 radical (unpaired) electrons. The molecule has 0 atom stereocenters. The summed E-state index contributed by atoms with van der Waals surface area (Å²) in [7, 11) is -2.21. The van der Waals surface area contributed by atoms with Crippen molar-refractivity contribution in [1.29, 1.82) is 0 Å². The Morgan fingerprint density at radius 1 is 1.06 bits per heavy atom. The summed E-state index contributed by atoms with van der Waals surface area (Å²) in [5, 5.41) is 26.4. The van der Waals surface area contributed by atoms with Crippen LogP contribution in [0.3, 0.4) is 0 Å². The van der Waals surface area contributed by atoms with Gasteiger partial charge in [0.05, 0.1) is 14.9 Å². The highest BCUT2D eigenvalue weighted by Crippen LogP contribution is 2.32. The van der Waals surface area contributed by atoms with Gasteiger partial charge in [-0.2, -0.15) is 0 Å². The molecule has 3 rings (SSSR count). The van der Waals surface area contributed by atoms with E-state index in [9.17, 15) is 23.4 Å². The van der Waals surface area contributed by atoms with Crippen LogP contribution in [0.5, 0.6) is 11.6 Å². The zero-order chi connectivity index (χ0) is 23.6. The largest absolute Gasteiger partial charge is 0.503 e. The molecule has 170 valence electrons. The van der Waals surface area contributed by atoms with Gasteiger partial charge >= 0.3 is 0 Å². The van der Waals surface area contributed by atoms with Crippen molar-refractivity contribution in [1.82, 2.24) is 9.47 Å². The van der Waals surface area contributed by atoms with Gasteiger partial charge in [0.2, 0.25) is 15.9 Å². The smallest absolute Gasteiger partial charge is 0.259 e. The highest BCUT2D eigenvalue weighted by Gasteiger charge is 2.23. The van der Waals surface area contributed by atoms with Crippen LogP contribution in [0.15, 0.2) is 53.6 Å². The number of aromatic hydroxyl groups is 2. The fraction of sp³-hybridized carbons (Fsp3) is 0.190. The summed E-state index contributed by atoms with van der Waals surface area (Å²) in [5.74, 6) is -1.43. The van der Waals surface area contributed by atoms with Crippen molar-refractivity contribution in [2.45, 2.75) is 24.4 Å². The van der Waals surface area contributed by atoms with Crippen molar-refractivity contribution in [3.63, 3.8) is 0 Å². The first-order valence-corrected chi connectivity index (χ1v) is 11.7. The van der Waals surface area contributed by atoms with Crippen molar-refractivity contribution in [3.05, 3.63) is 75.4 Å². The Kier molecular flexibility index (Phi) is 7.04. The molecule has 4 N–H and O–H groups in total. The van der Waals surface area contributed by atoms with Gasteiger partial charge in [-0.05, 0) is 41.8 Å². The molecule has 0 spiro atoms. The van der Waals surface area contributed by atoms with Crippen LogP contribution in [0.4, 0.5) is 0 Å². The fourth-order valence-corrected chi connectivity index (χ4v) is 3.98. The zero-order valence-electron chi connectivity index (χ0n) is 17.0. The predicted molar refractivity (Wildman–Crippen MR) is 122 cm³/mol. The number of primary sulfonamides is 1. The van der Waals surface area contributed by atoms with Crippen LogP contribution in [-0.2, 0) is 29.5 Å². The Hall–Kier alpha value is -2.72. The molecule has 1 aromatic heterocycles. The second kappa shape index (κ2) is 9.41. The number of nitrogens with zero attached hydrogens (tertiary/aromatic N) is 2. The highest BCUT2D eigenvalue weighted by molar-refractivity contribution is 7.89. The third-order valence-corrected chi connectivity index (χ3v) is 6.57. The molecule has 2 aromatic carbocycles. The minimum atomic E-state index is -3.77. The van der Waals surface area contributed by atoms with E-state index in [1.54, 1.807) is 37.4 Å². The molecule has 0 saturated heterocycles. The third-order valence-electron chi connectivity index (χ3n) is 4.90. The molecule has 1 heterocycles. The molecule has 0 unspecified atom stereocenters. The van der Waals surface area contributed by atoms with E-state index in [4.69, 9.17) is 28.3 Å². The standard InChI is InChI=1S/C21H21Cl2N3O5S/c1-25(11-14-4-7-17(22)18(23)10-14)20(28)16-12-26(21(29)19(16)27)9-8-13-2-5-15(6-3-13)32(24,30)31/h2-7,10,12,27,29H,8-9,11H2,1H3,(H2,24,30,31). The molecular formula is C21H21Cl2N3O5S. The minimum Gasteiger partial charge on any atom is -0.503 e. The average molecular weight is 498 g/mol. The average Bonchev–Trinajstić information content (AvgIpc) is 3.02. The molecule has 8 nitrogen and oxygen atoms in total. The summed E-state index contributed by atoms with van der Waals surface area (Å²) < 4.78 is 24.0. The van der Waals surface area contributed by atoms with Crippen molar-refractivity contribution in [3.8, 4) is 11.6 Å². The Labute approximate surface area is 195 Å². The molecule has 0 aliphatic carbocycles. The lowest BCUT2D eigenvalue weighted by Crippen LogP contribution is -2.26. The second-order valence-electron chi connectivity index (χ2n) is 7.26. The number of amides is 1. The van der Waals surface area contributed by atoms with Crippen LogP contribution in [0.25, 0.3) is 0 Å². The van der Waals surface area contributed by atoms with E-state index in [2.05, 4.69) is 0 Å². The Balaban J connectivity index is 1.71. The summed E-state index contributed by atoms with van der Waals surface area (Å²) >= 11 is 11.9. The number of benzene rings is 2. The number of sulfonamides is 1. The number of aryl methyl sites for hydroxylation is 2. The summed E-state index contributed by atoms with van der Waals surface area (Å²) in [6, 6.07) is 11.0. The molecule has 1 amide bonds. The van der Waals surface area contributed by atoms with Gasteiger partial charge in [-0.3, -0.25) is 4.79 Å². The van der Waals surface area contributed by atoms with E-state index in [1.807, 2.05) is 0 Å². The maximum Gasteiger partial charge on any atom is 0.259 e. The van der Waals surface area contributed by atoms with Crippen LogP contribution in [0.1, 0.15) is 21.5 Å². The van der Waals surface area contributed by atoms with E-state index in [1.165, 1.54) is 27.8 Å². The topological polar surface area (TPSA) is 126 Å². The second-order valence-corrected chi connectivity index (χ2v) is 9.63. The van der Waals surface area contributed by atoms with Gasteiger partial charge in [-0.15, -0.1) is 0 Å². The fourth-order valence-electron chi connectivity index (χ4n) is 3.15. The molecule has 0 aliphatic rings. The number of carbonyl (C=O) groups excluding carboxylic acids is 1. The summed E-state index contributed by atoms with van der Waals surface area (Å²) in [6.45, 7) is 0.468. The molecule has 0 fully saturated rings. The van der Waals surface area contributed by atoms with Crippen molar-refractivity contribution in [2.24, 2.45) is 5.14 Å². The van der Waals surface area contributed by atoms with Gasteiger partial charge in [0.1, 0.15) is 5.56 Å². The molecule has 0 saturated carbocycles. The van der Waals surface area contributed by atoms with Gasteiger partial charge in [0.15, 0.2) is 5.75 Å². The molecule has 0 aliphatic heterocycles. The van der Waals surface area contributed by atoms with Crippen LogP contribution < -0.4 is 5.14 Å². The molecule has 11 heteroatoms. The number of halogens is 2. The maximum absolute atomic E-state index is 12.8. The first kappa shape index (κ1) is 23.9. The quantitative estimate of drug-likeness (QED) is 0.461. The number of aromatic nitrogens is 1. The Morgan fingerprint density at radius 2 is 1.69 bits per heavy atom. The van der Waals surface area contributed by atoms with Gasteiger partial charge in [0, 0.05) is 26.3 Å². The maximum atomic E-state index is 12.8. The van der Waals surface area contributed by atoms with E-state index >= 15 is 0 Å². The van der Waals surface area contributed by atoms with E-state index in [0.717, 1.165) is 11.1 Å². The summed E-state index contributed by atoms with van der Waals surface area (Å²) in [4.78, 5) is 14.2. The number of rotatable bonds is 7. The molecule has 0 bridgehead atoms. The van der Waals surface area contributed by atoms with Crippen LogP contribution in [0, 0.1) is 0 Å². The van der Waals surface area contributed by atoms with E-state index in [0.29, 0.717) is 16.5 Å². The number of hydrogen-bond donors (Lipinski definition) is 3. The SMILES string of the molecule is CN(Cc1ccc(Cl)c(Cl)c1)C(=O)c1cn(CCc2ccc(S(N)(=O)=O)cc2)c(O)c1O. The van der Waals surface area contributed by atoms with Gasteiger partial charge in [0.25, 0.3) is 5.91 Å². The van der Waals surface area contributed by atoms with Gasteiger partial charge in [-0.1, -0.05) is 41.4 Å². The van der Waals surface area contributed by atoms with Crippen LogP contribution in [-0.4, -0.2) is 41.1 Å². The minimum absolute atomic E-state index is 0.000556. The van der Waals surface area contributed by atoms with Gasteiger partial charge < -0.3 is 19.7 Å². The highest BCUT2D eigenvalue weighted by atomic mass is 35.5. The lowest BCUT2D eigenvalue weighted by Gasteiger charge is -2.17. The predicted octanol–water partition coefficient (Wildman–Crippen LogP) is 3.37. The first-order valence-electron chi connectivity index (χ1n) is 9.39. The number of carbonyl (C=O) groups is 1. The van der Waals surface area contributed by atoms with Crippen molar-refractivity contribution in [2.75, 3.05) is 7.05 Å². The molecule has 3 aromatic rings. The van der Waals surface area contributed by atoms with Crippen LogP contribution in [0.2, 0.25) is 10.0 Å². The van der Waals surface area contributed by atoms with Crippen molar-refractivity contribution < 1.29 is 23.4 Å². The molecular weight excluding hydrogens is 477 g/mol. The number of hydrogen-bond acceptors (Lipinski definition) is 5. The van der Waals surface area contributed by atoms with Crippen molar-refractivity contribution >= 4 is 39.1 Å². The Morgan fingerprint density at radius 3 is 2.28 bits per heavy atom. The van der Waals surface area contributed by atoms with E-state index in [-0.39, 0.29) is 23.5 Å². The third kappa shape index (κ3) is 5.36. The van der Waals surface area contributed by atoms with Gasteiger partial charge in [-0.25, -0.2) is 13.6 Å². The lowest BCUT2D eigenvalue weighted by atomic mass is 10.1. The zero-order valence-corrected chi connectivity index (χ0v) is 19.3. The Bertz CT molecular complexity index is 1260. The lowest BCUT2D eigenvalue weighted by molar-refractivity contribution is 0.0782. The summed E-state index contributed by atoms with van der Waals surface area (Å²) in [5.41, 5.74) is 1.49. The summed E-state index contributed by atoms with van der Waals surface area (Å²) in [6.07, 6.45) is 1.79. The number of nitrogens with two attached hydrogens (primary N) is 1. The normalized spacial score (nSPS) is 11.5. The van der Waals surface area contributed by atoms with E-state index < -0.39 is 27.6 Å². The first-order chi connectivity index (χ1) is 15.0. The molecule has 32 heavy (non-hydrogen) atoms.